The van der Waals surface area contributed by atoms with Gasteiger partial charge in [-0.3, -0.25) is 4.99 Å². The molecule has 98 valence electrons. The van der Waals surface area contributed by atoms with E-state index in [0.717, 1.165) is 22.2 Å². The molecule has 1 unspecified atom stereocenters. The second-order valence-corrected chi connectivity index (χ2v) is 5.78. The monoisotopic (exact) mass is 264 g/mol. The molecule has 1 atom stereocenters. The lowest BCUT2D eigenvalue weighted by molar-refractivity contribution is 0.185. The van der Waals surface area contributed by atoms with Crippen LogP contribution < -0.4 is 5.32 Å². The van der Waals surface area contributed by atoms with Crippen LogP contribution in [0, 0.1) is 5.92 Å². The molecule has 1 N–H and O–H groups in total. The van der Waals surface area contributed by atoms with Gasteiger partial charge in [0, 0.05) is 24.1 Å². The van der Waals surface area contributed by atoms with E-state index in [1.54, 1.807) is 18.9 Å². The number of ether oxygens (including phenoxy) is 1. The minimum absolute atomic E-state index is 0.437. The number of rotatable bonds is 4. The molecule has 2 rings (SSSR count). The molecule has 0 radical (unpaired) electrons. The molecular weight excluding hydrogens is 244 g/mol. The Morgan fingerprint density at radius 1 is 1.44 bits per heavy atom. The van der Waals surface area contributed by atoms with Gasteiger partial charge in [-0.15, -0.1) is 0 Å². The fraction of sp³-hybridized carbons (Fsp3) is 0.500. The summed E-state index contributed by atoms with van der Waals surface area (Å²) < 4.78 is 5.21. The van der Waals surface area contributed by atoms with Gasteiger partial charge in [-0.1, -0.05) is 43.8 Å². The average Bonchev–Trinajstić information content (AvgIpc) is 2.81. The maximum Gasteiger partial charge on any atom is 0.161 e. The number of hydrogen-bond donors (Lipinski definition) is 1. The first-order valence-electron chi connectivity index (χ1n) is 6.25. The fourth-order valence-corrected chi connectivity index (χ4v) is 3.02. The number of anilines is 1. The van der Waals surface area contributed by atoms with Crippen molar-refractivity contribution in [1.82, 2.24) is 0 Å². The van der Waals surface area contributed by atoms with Crippen molar-refractivity contribution in [3.05, 3.63) is 29.8 Å². The summed E-state index contributed by atoms with van der Waals surface area (Å²) in [6.45, 7) is 5.06. The molecule has 1 aliphatic heterocycles. The third-order valence-electron chi connectivity index (χ3n) is 3.00. The molecule has 0 amide bonds. The fourth-order valence-electron chi connectivity index (χ4n) is 1.84. The normalized spacial score (nSPS) is 19.1. The number of methoxy groups -OCH3 is 1. The Morgan fingerprint density at radius 2 is 2.22 bits per heavy atom. The Morgan fingerprint density at radius 3 is 2.89 bits per heavy atom. The first-order valence-corrected chi connectivity index (χ1v) is 7.23. The second-order valence-electron chi connectivity index (χ2n) is 4.77. The number of benzene rings is 1. The minimum Gasteiger partial charge on any atom is -0.380 e. The van der Waals surface area contributed by atoms with E-state index < -0.39 is 0 Å². The highest BCUT2D eigenvalue weighted by Gasteiger charge is 2.21. The van der Waals surface area contributed by atoms with Crippen molar-refractivity contribution < 1.29 is 4.74 Å². The number of amidine groups is 1. The molecule has 1 heterocycles. The summed E-state index contributed by atoms with van der Waals surface area (Å²) >= 11 is 1.80. The Labute approximate surface area is 113 Å². The molecule has 0 saturated heterocycles. The SMILES string of the molecule is COCc1ccccc1NC1=NC(C(C)C)CS1. The number of thioether (sulfide) groups is 1. The molecule has 0 fully saturated rings. The predicted molar refractivity (Wildman–Crippen MR) is 79.3 cm³/mol. The molecule has 0 spiro atoms. The third-order valence-corrected chi connectivity index (χ3v) is 3.99. The Hall–Kier alpha value is -1.000. The van der Waals surface area contributed by atoms with E-state index in [1.165, 1.54) is 0 Å². The molecule has 0 saturated carbocycles. The van der Waals surface area contributed by atoms with E-state index in [4.69, 9.17) is 9.73 Å². The smallest absolute Gasteiger partial charge is 0.161 e. The summed E-state index contributed by atoms with van der Waals surface area (Å²) in [5, 5.41) is 4.44. The van der Waals surface area contributed by atoms with Gasteiger partial charge in [0.2, 0.25) is 0 Å². The predicted octanol–water partition coefficient (Wildman–Crippen LogP) is 3.37. The van der Waals surface area contributed by atoms with Gasteiger partial charge in [0.15, 0.2) is 5.17 Å². The van der Waals surface area contributed by atoms with Gasteiger partial charge in [0.25, 0.3) is 0 Å². The van der Waals surface area contributed by atoms with Crippen molar-refractivity contribution in [2.75, 3.05) is 18.2 Å². The highest BCUT2D eigenvalue weighted by Crippen LogP contribution is 2.25. The molecule has 0 bridgehead atoms. The zero-order chi connectivity index (χ0) is 13.0. The van der Waals surface area contributed by atoms with E-state index >= 15 is 0 Å². The minimum atomic E-state index is 0.437. The van der Waals surface area contributed by atoms with Crippen LogP contribution >= 0.6 is 11.8 Å². The standard InChI is InChI=1S/C14H20N2OS/c1-10(2)13-9-18-14(16-13)15-12-7-5-4-6-11(12)8-17-3/h4-7,10,13H,8-9H2,1-3H3,(H,15,16). The second kappa shape index (κ2) is 6.25. The van der Waals surface area contributed by atoms with Gasteiger partial charge in [0.1, 0.15) is 0 Å². The zero-order valence-electron chi connectivity index (χ0n) is 11.1. The van der Waals surface area contributed by atoms with Gasteiger partial charge < -0.3 is 10.1 Å². The lowest BCUT2D eigenvalue weighted by atomic mass is 10.1. The quantitative estimate of drug-likeness (QED) is 0.905. The summed E-state index contributed by atoms with van der Waals surface area (Å²) in [5.41, 5.74) is 2.26. The van der Waals surface area contributed by atoms with Crippen LogP contribution in [-0.2, 0) is 11.3 Å². The van der Waals surface area contributed by atoms with Crippen molar-refractivity contribution in [2.45, 2.75) is 26.5 Å². The first-order chi connectivity index (χ1) is 8.70. The van der Waals surface area contributed by atoms with Crippen LogP contribution in [0.3, 0.4) is 0 Å². The van der Waals surface area contributed by atoms with Crippen LogP contribution in [0.25, 0.3) is 0 Å². The van der Waals surface area contributed by atoms with Crippen molar-refractivity contribution >= 4 is 22.6 Å². The maximum absolute atomic E-state index is 5.21. The summed E-state index contributed by atoms with van der Waals surface area (Å²) in [6.07, 6.45) is 0. The largest absolute Gasteiger partial charge is 0.380 e. The van der Waals surface area contributed by atoms with Gasteiger partial charge in [-0.2, -0.15) is 0 Å². The molecule has 1 aromatic rings. The van der Waals surface area contributed by atoms with Gasteiger partial charge in [0.05, 0.1) is 12.6 Å². The average molecular weight is 264 g/mol. The summed E-state index contributed by atoms with van der Waals surface area (Å²) in [5.74, 6) is 1.68. The van der Waals surface area contributed by atoms with E-state index in [1.807, 2.05) is 12.1 Å². The number of para-hydroxylation sites is 1. The molecule has 0 aliphatic carbocycles. The van der Waals surface area contributed by atoms with Crippen molar-refractivity contribution in [3.8, 4) is 0 Å². The highest BCUT2D eigenvalue weighted by molar-refractivity contribution is 8.14. The molecule has 18 heavy (non-hydrogen) atoms. The molecule has 4 heteroatoms. The van der Waals surface area contributed by atoms with Crippen LogP contribution in [0.15, 0.2) is 29.3 Å². The summed E-state index contributed by atoms with van der Waals surface area (Å²) in [4.78, 5) is 4.71. The highest BCUT2D eigenvalue weighted by atomic mass is 32.2. The zero-order valence-corrected chi connectivity index (χ0v) is 12.0. The van der Waals surface area contributed by atoms with Crippen molar-refractivity contribution in [1.29, 1.82) is 0 Å². The molecule has 1 aromatic carbocycles. The van der Waals surface area contributed by atoms with Crippen LogP contribution in [-0.4, -0.2) is 24.1 Å². The van der Waals surface area contributed by atoms with E-state index in [9.17, 15) is 0 Å². The Kier molecular flexibility index (Phi) is 4.66. The van der Waals surface area contributed by atoms with Gasteiger partial charge in [-0.25, -0.2) is 0 Å². The molecule has 1 aliphatic rings. The lowest BCUT2D eigenvalue weighted by Gasteiger charge is -2.10. The number of hydrogen-bond acceptors (Lipinski definition) is 4. The molecular formula is C14H20N2OS. The van der Waals surface area contributed by atoms with Crippen molar-refractivity contribution in [2.24, 2.45) is 10.9 Å². The number of aliphatic imine (C=N–C) groups is 1. The third kappa shape index (κ3) is 3.27. The van der Waals surface area contributed by atoms with E-state index in [-0.39, 0.29) is 0 Å². The van der Waals surface area contributed by atoms with Crippen LogP contribution in [0.5, 0.6) is 0 Å². The van der Waals surface area contributed by atoms with Crippen LogP contribution in [0.2, 0.25) is 0 Å². The summed E-state index contributed by atoms with van der Waals surface area (Å²) in [7, 11) is 1.72. The van der Waals surface area contributed by atoms with Crippen LogP contribution in [0.4, 0.5) is 5.69 Å². The van der Waals surface area contributed by atoms with E-state index in [0.29, 0.717) is 18.6 Å². The first kappa shape index (κ1) is 13.4. The topological polar surface area (TPSA) is 33.6 Å². The number of nitrogens with zero attached hydrogens (tertiary/aromatic N) is 1. The lowest BCUT2D eigenvalue weighted by Crippen LogP contribution is -2.12. The number of nitrogens with one attached hydrogen (secondary N) is 1. The maximum atomic E-state index is 5.21. The Balaban J connectivity index is 2.08. The molecule has 3 nitrogen and oxygen atoms in total. The molecule has 0 aromatic heterocycles. The Bertz CT molecular complexity index is 432. The van der Waals surface area contributed by atoms with E-state index in [2.05, 4.69) is 31.3 Å². The van der Waals surface area contributed by atoms with Gasteiger partial charge >= 0.3 is 0 Å². The van der Waals surface area contributed by atoms with Crippen LogP contribution in [0.1, 0.15) is 19.4 Å². The summed E-state index contributed by atoms with van der Waals surface area (Å²) in [6, 6.07) is 8.64. The van der Waals surface area contributed by atoms with Gasteiger partial charge in [-0.05, 0) is 12.0 Å². The van der Waals surface area contributed by atoms with Crippen molar-refractivity contribution in [3.63, 3.8) is 0 Å².